The monoisotopic (exact) mass is 338 g/mol. The van der Waals surface area contributed by atoms with Crippen LogP contribution in [-0.2, 0) is 0 Å². The number of nitrogens with zero attached hydrogens (tertiary/aromatic N) is 1. The Bertz CT molecular complexity index is 838. The molecule has 0 heterocycles. The van der Waals surface area contributed by atoms with Gasteiger partial charge in [-0.2, -0.15) is 5.26 Å². The first-order valence-corrected chi connectivity index (χ1v) is 7.95. The van der Waals surface area contributed by atoms with Gasteiger partial charge in [0, 0.05) is 11.6 Å². The number of carbonyl (C=O) groups is 1. The second kappa shape index (κ2) is 7.71. The summed E-state index contributed by atoms with van der Waals surface area (Å²) in [4.78, 5) is 11.6. The van der Waals surface area contributed by atoms with Crippen molar-refractivity contribution in [1.29, 1.82) is 5.26 Å². The van der Waals surface area contributed by atoms with Crippen LogP contribution in [0.2, 0.25) is 0 Å². The Morgan fingerprint density at radius 3 is 2.36 bits per heavy atom. The molecule has 5 nitrogen and oxygen atoms in total. The van der Waals surface area contributed by atoms with Crippen LogP contribution in [0.1, 0.15) is 46.9 Å². The molecule has 0 aliphatic carbocycles. The van der Waals surface area contributed by atoms with Crippen molar-refractivity contribution in [3.8, 4) is 17.6 Å². The topological polar surface area (TPSA) is 71.3 Å². The third kappa shape index (κ3) is 3.92. The summed E-state index contributed by atoms with van der Waals surface area (Å²) >= 11 is 0. The number of ketones is 1. The molecule has 0 fully saturated rings. The van der Waals surface area contributed by atoms with E-state index < -0.39 is 0 Å². The summed E-state index contributed by atoms with van der Waals surface area (Å²) in [7, 11) is 3.20. The molecule has 0 spiro atoms. The van der Waals surface area contributed by atoms with Gasteiger partial charge in [-0.15, -0.1) is 0 Å². The Kier molecular flexibility index (Phi) is 5.66. The molecule has 1 atom stereocenters. The Balaban J connectivity index is 2.40. The fourth-order valence-electron chi connectivity index (χ4n) is 2.75. The van der Waals surface area contributed by atoms with Gasteiger partial charge in [-0.05, 0) is 62.2 Å². The third-order valence-electron chi connectivity index (χ3n) is 4.16. The third-order valence-corrected chi connectivity index (χ3v) is 4.16. The minimum absolute atomic E-state index is 0.0394. The van der Waals surface area contributed by atoms with Gasteiger partial charge >= 0.3 is 0 Å². The fraction of sp³-hybridized carbons (Fsp3) is 0.300. The van der Waals surface area contributed by atoms with Gasteiger partial charge in [-0.25, -0.2) is 0 Å². The number of aryl methyl sites for hydroxylation is 1. The second-order valence-electron chi connectivity index (χ2n) is 5.86. The Morgan fingerprint density at radius 2 is 1.80 bits per heavy atom. The van der Waals surface area contributed by atoms with Gasteiger partial charge < -0.3 is 14.8 Å². The first kappa shape index (κ1) is 18.3. The summed E-state index contributed by atoms with van der Waals surface area (Å²) in [5.74, 6) is 1.28. The molecule has 0 bridgehead atoms. The second-order valence-corrected chi connectivity index (χ2v) is 5.86. The summed E-state index contributed by atoms with van der Waals surface area (Å²) in [5.41, 5.74) is 3.76. The molecule has 25 heavy (non-hydrogen) atoms. The number of nitriles is 1. The van der Waals surface area contributed by atoms with Crippen molar-refractivity contribution in [2.75, 3.05) is 19.5 Å². The molecule has 1 unspecified atom stereocenters. The zero-order valence-electron chi connectivity index (χ0n) is 15.1. The van der Waals surface area contributed by atoms with Crippen LogP contribution in [0.3, 0.4) is 0 Å². The number of benzene rings is 2. The summed E-state index contributed by atoms with van der Waals surface area (Å²) in [6, 6.07) is 11.0. The fourth-order valence-corrected chi connectivity index (χ4v) is 2.75. The number of hydrogen-bond acceptors (Lipinski definition) is 5. The number of ether oxygens (including phenoxy) is 2. The zero-order chi connectivity index (χ0) is 18.6. The van der Waals surface area contributed by atoms with Crippen LogP contribution in [0.25, 0.3) is 0 Å². The maximum absolute atomic E-state index is 11.6. The van der Waals surface area contributed by atoms with E-state index in [0.29, 0.717) is 28.3 Å². The maximum atomic E-state index is 11.6. The number of anilines is 1. The first-order chi connectivity index (χ1) is 11.9. The van der Waals surface area contributed by atoms with Gasteiger partial charge in [0.05, 0.1) is 25.5 Å². The molecule has 0 aliphatic heterocycles. The lowest BCUT2D eigenvalue weighted by molar-refractivity contribution is 0.101. The quantitative estimate of drug-likeness (QED) is 0.797. The van der Waals surface area contributed by atoms with Gasteiger partial charge in [0.2, 0.25) is 0 Å². The average Bonchev–Trinajstić information content (AvgIpc) is 2.60. The van der Waals surface area contributed by atoms with Crippen LogP contribution in [0.4, 0.5) is 5.69 Å². The van der Waals surface area contributed by atoms with Crippen LogP contribution in [0.15, 0.2) is 30.3 Å². The van der Waals surface area contributed by atoms with Crippen LogP contribution in [0, 0.1) is 18.3 Å². The molecule has 0 saturated heterocycles. The Labute approximate surface area is 148 Å². The Hall–Kier alpha value is -3.00. The predicted octanol–water partition coefficient (Wildman–Crippen LogP) is 4.26. The molecule has 2 aromatic carbocycles. The van der Waals surface area contributed by atoms with Crippen molar-refractivity contribution < 1.29 is 14.3 Å². The minimum Gasteiger partial charge on any atom is -0.493 e. The predicted molar refractivity (Wildman–Crippen MR) is 97.5 cm³/mol. The lowest BCUT2D eigenvalue weighted by Crippen LogP contribution is -2.10. The van der Waals surface area contributed by atoms with Gasteiger partial charge in [-0.1, -0.05) is 0 Å². The lowest BCUT2D eigenvalue weighted by Gasteiger charge is -2.21. The van der Waals surface area contributed by atoms with E-state index >= 15 is 0 Å². The van der Waals surface area contributed by atoms with Crippen molar-refractivity contribution in [1.82, 2.24) is 0 Å². The Morgan fingerprint density at radius 1 is 1.16 bits per heavy atom. The zero-order valence-corrected chi connectivity index (χ0v) is 15.1. The highest BCUT2D eigenvalue weighted by Gasteiger charge is 2.16. The highest BCUT2D eigenvalue weighted by molar-refractivity contribution is 5.95. The first-order valence-electron chi connectivity index (χ1n) is 7.95. The molecular formula is C20H22N2O3. The summed E-state index contributed by atoms with van der Waals surface area (Å²) in [5, 5.41) is 12.7. The molecule has 2 rings (SSSR count). The van der Waals surface area contributed by atoms with Crippen molar-refractivity contribution in [3.05, 3.63) is 52.6 Å². The van der Waals surface area contributed by atoms with E-state index in [1.165, 1.54) is 6.92 Å². The van der Waals surface area contributed by atoms with Crippen molar-refractivity contribution in [2.45, 2.75) is 26.8 Å². The standard InChI is InChI=1S/C20H22N2O3/c1-12-8-19(24-4)20(25-5)10-17(12)13(2)22-18-9-15(14(3)23)6-7-16(18)11-21/h6-10,13,22H,1-5H3. The summed E-state index contributed by atoms with van der Waals surface area (Å²) in [6.07, 6.45) is 0. The number of rotatable bonds is 6. The van der Waals surface area contributed by atoms with Crippen molar-refractivity contribution >= 4 is 11.5 Å². The normalized spacial score (nSPS) is 11.4. The molecule has 130 valence electrons. The number of Topliss-reactive ketones (excluding diaryl/α,β-unsaturated/α-hetero) is 1. The minimum atomic E-state index is -0.0888. The van der Waals surface area contributed by atoms with Gasteiger partial charge in [0.15, 0.2) is 17.3 Å². The maximum Gasteiger partial charge on any atom is 0.161 e. The molecule has 5 heteroatoms. The van der Waals surface area contributed by atoms with Gasteiger partial charge in [-0.3, -0.25) is 4.79 Å². The van der Waals surface area contributed by atoms with Gasteiger partial charge in [0.1, 0.15) is 6.07 Å². The van der Waals surface area contributed by atoms with E-state index in [9.17, 15) is 10.1 Å². The molecule has 0 radical (unpaired) electrons. The molecule has 0 aromatic heterocycles. The van der Waals surface area contributed by atoms with Gasteiger partial charge in [0.25, 0.3) is 0 Å². The SMILES string of the molecule is COc1cc(C)c(C(C)Nc2cc(C(C)=O)ccc2C#N)cc1OC. The highest BCUT2D eigenvalue weighted by atomic mass is 16.5. The van der Waals surface area contributed by atoms with E-state index in [2.05, 4.69) is 11.4 Å². The van der Waals surface area contributed by atoms with Crippen LogP contribution in [0.5, 0.6) is 11.5 Å². The number of hydrogen-bond donors (Lipinski definition) is 1. The number of nitrogens with one attached hydrogen (secondary N) is 1. The molecular weight excluding hydrogens is 316 g/mol. The number of carbonyl (C=O) groups excluding carboxylic acids is 1. The summed E-state index contributed by atoms with van der Waals surface area (Å²) in [6.45, 7) is 5.50. The van der Waals surface area contributed by atoms with Crippen molar-refractivity contribution in [3.63, 3.8) is 0 Å². The van der Waals surface area contributed by atoms with Crippen LogP contribution in [-0.4, -0.2) is 20.0 Å². The largest absolute Gasteiger partial charge is 0.493 e. The lowest BCUT2D eigenvalue weighted by atomic mass is 10.00. The van der Waals surface area contributed by atoms with Crippen LogP contribution >= 0.6 is 0 Å². The van der Waals surface area contributed by atoms with E-state index in [0.717, 1.165) is 11.1 Å². The number of methoxy groups -OCH3 is 2. The molecule has 0 saturated carbocycles. The van der Waals surface area contributed by atoms with E-state index in [1.807, 2.05) is 26.0 Å². The smallest absolute Gasteiger partial charge is 0.161 e. The molecule has 0 aliphatic rings. The van der Waals surface area contributed by atoms with Crippen LogP contribution < -0.4 is 14.8 Å². The molecule has 0 amide bonds. The van der Waals surface area contributed by atoms with E-state index in [4.69, 9.17) is 9.47 Å². The molecule has 1 N–H and O–H groups in total. The molecule has 2 aromatic rings. The van der Waals surface area contributed by atoms with Crippen molar-refractivity contribution in [2.24, 2.45) is 0 Å². The highest BCUT2D eigenvalue weighted by Crippen LogP contribution is 2.34. The van der Waals surface area contributed by atoms with E-state index in [-0.39, 0.29) is 11.8 Å². The summed E-state index contributed by atoms with van der Waals surface area (Å²) < 4.78 is 10.7. The van der Waals surface area contributed by atoms with E-state index in [1.54, 1.807) is 32.4 Å². The average molecular weight is 338 g/mol.